The number of carbonyl (C=O) groups is 1. The van der Waals surface area contributed by atoms with Gasteiger partial charge in [0.1, 0.15) is 0 Å². The molecule has 0 aliphatic rings. The average molecular weight is 314 g/mol. The van der Waals surface area contributed by atoms with Crippen LogP contribution in [0.1, 0.15) is 10.4 Å². The summed E-state index contributed by atoms with van der Waals surface area (Å²) in [4.78, 5) is 13.1. The first-order chi connectivity index (χ1) is 10.1. The smallest absolute Gasteiger partial charge is 0.248 e. The number of hydrogen-bond acceptors (Lipinski definition) is 2. The molecule has 0 fully saturated rings. The van der Waals surface area contributed by atoms with Crippen molar-refractivity contribution in [3.8, 4) is 0 Å². The summed E-state index contributed by atoms with van der Waals surface area (Å²) in [5, 5.41) is 2.92. The molecule has 3 aromatic carbocycles. The van der Waals surface area contributed by atoms with E-state index in [2.05, 4.69) is 30.3 Å². The first-order valence-corrected chi connectivity index (χ1v) is 7.59. The van der Waals surface area contributed by atoms with Gasteiger partial charge in [-0.3, -0.25) is 4.79 Å². The van der Waals surface area contributed by atoms with Crippen molar-refractivity contribution in [1.82, 2.24) is 0 Å². The van der Waals surface area contributed by atoms with Gasteiger partial charge in [0.15, 0.2) is 0 Å². The summed E-state index contributed by atoms with van der Waals surface area (Å²) in [6.45, 7) is 0. The van der Waals surface area contributed by atoms with Crippen molar-refractivity contribution < 1.29 is 4.79 Å². The molecule has 3 aromatic rings. The zero-order chi connectivity index (χ0) is 14.8. The van der Waals surface area contributed by atoms with Crippen molar-refractivity contribution in [1.29, 1.82) is 0 Å². The van der Waals surface area contributed by atoms with Gasteiger partial charge in [-0.2, -0.15) is 0 Å². The number of carbonyl (C=O) groups excluding carboxylic acids is 1. The Morgan fingerprint density at radius 3 is 2.43 bits per heavy atom. The summed E-state index contributed by atoms with van der Waals surface area (Å²) in [6, 6.07) is 19.6. The molecule has 0 bridgehead atoms. The second-order valence-electron chi connectivity index (χ2n) is 4.62. The standard InChI is InChI=1S/C17H12ClNOS/c18-15-10-13(17(19)20)6-8-16(15)21-14-7-5-11-3-1-2-4-12(11)9-14/h1-10H,(H2,19,20). The highest BCUT2D eigenvalue weighted by molar-refractivity contribution is 7.99. The Hall–Kier alpha value is -1.97. The van der Waals surface area contributed by atoms with Gasteiger partial charge in [-0.1, -0.05) is 53.7 Å². The Bertz CT molecular complexity index is 832. The van der Waals surface area contributed by atoms with Crippen LogP contribution in [-0.4, -0.2) is 5.91 Å². The Morgan fingerprint density at radius 1 is 0.952 bits per heavy atom. The minimum absolute atomic E-state index is 0.419. The van der Waals surface area contributed by atoms with Crippen molar-refractivity contribution in [2.24, 2.45) is 5.73 Å². The predicted octanol–water partition coefficient (Wildman–Crippen LogP) is 4.74. The fourth-order valence-electron chi connectivity index (χ4n) is 2.09. The summed E-state index contributed by atoms with van der Waals surface area (Å²) in [5.41, 5.74) is 5.66. The zero-order valence-corrected chi connectivity index (χ0v) is 12.6. The number of benzene rings is 3. The quantitative estimate of drug-likeness (QED) is 0.758. The minimum atomic E-state index is -0.473. The van der Waals surface area contributed by atoms with E-state index in [1.165, 1.54) is 10.8 Å². The van der Waals surface area contributed by atoms with Crippen molar-refractivity contribution in [3.63, 3.8) is 0 Å². The highest BCUT2D eigenvalue weighted by Gasteiger charge is 2.07. The molecule has 0 atom stereocenters. The number of halogens is 1. The van der Waals surface area contributed by atoms with E-state index in [0.717, 1.165) is 9.79 Å². The average Bonchev–Trinajstić information content (AvgIpc) is 2.49. The molecule has 4 heteroatoms. The van der Waals surface area contributed by atoms with E-state index in [1.54, 1.807) is 23.9 Å². The molecule has 104 valence electrons. The number of primary amides is 1. The van der Waals surface area contributed by atoms with Crippen LogP contribution in [0, 0.1) is 0 Å². The van der Waals surface area contributed by atoms with Gasteiger partial charge in [-0.25, -0.2) is 0 Å². The van der Waals surface area contributed by atoms with E-state index in [9.17, 15) is 4.79 Å². The van der Waals surface area contributed by atoms with E-state index in [4.69, 9.17) is 17.3 Å². The van der Waals surface area contributed by atoms with Crippen molar-refractivity contribution >= 4 is 40.0 Å². The second kappa shape index (κ2) is 5.80. The Morgan fingerprint density at radius 2 is 1.71 bits per heavy atom. The van der Waals surface area contributed by atoms with Gasteiger partial charge in [-0.05, 0) is 41.1 Å². The van der Waals surface area contributed by atoms with Gasteiger partial charge in [0.05, 0.1) is 5.02 Å². The first-order valence-electron chi connectivity index (χ1n) is 6.39. The van der Waals surface area contributed by atoms with E-state index in [1.807, 2.05) is 18.2 Å². The van der Waals surface area contributed by atoms with E-state index in [-0.39, 0.29) is 0 Å². The van der Waals surface area contributed by atoms with E-state index < -0.39 is 5.91 Å². The number of rotatable bonds is 3. The maximum atomic E-state index is 11.1. The first kappa shape index (κ1) is 14.0. The summed E-state index contributed by atoms with van der Waals surface area (Å²) in [5.74, 6) is -0.473. The third-order valence-corrected chi connectivity index (χ3v) is 4.66. The summed E-state index contributed by atoms with van der Waals surface area (Å²) >= 11 is 7.78. The molecule has 0 saturated carbocycles. The van der Waals surface area contributed by atoms with Crippen LogP contribution in [0.4, 0.5) is 0 Å². The number of hydrogen-bond donors (Lipinski definition) is 1. The molecular weight excluding hydrogens is 302 g/mol. The summed E-state index contributed by atoms with van der Waals surface area (Å²) in [7, 11) is 0. The third kappa shape index (κ3) is 3.04. The molecule has 0 unspecified atom stereocenters. The third-order valence-electron chi connectivity index (χ3n) is 3.17. The van der Waals surface area contributed by atoms with Gasteiger partial charge >= 0.3 is 0 Å². The second-order valence-corrected chi connectivity index (χ2v) is 6.14. The Labute approximate surface area is 131 Å². The van der Waals surface area contributed by atoms with Crippen LogP contribution in [-0.2, 0) is 0 Å². The SMILES string of the molecule is NC(=O)c1ccc(Sc2ccc3ccccc3c2)c(Cl)c1. The lowest BCUT2D eigenvalue weighted by Gasteiger charge is -2.07. The van der Waals surface area contributed by atoms with Crippen LogP contribution < -0.4 is 5.73 Å². The Kier molecular flexibility index (Phi) is 3.86. The van der Waals surface area contributed by atoms with Crippen LogP contribution in [0.15, 0.2) is 70.5 Å². The zero-order valence-electron chi connectivity index (χ0n) is 11.0. The van der Waals surface area contributed by atoms with Crippen molar-refractivity contribution in [2.75, 3.05) is 0 Å². The normalized spacial score (nSPS) is 10.7. The predicted molar refractivity (Wildman–Crippen MR) is 88.0 cm³/mol. The highest BCUT2D eigenvalue weighted by Crippen LogP contribution is 2.35. The fourth-order valence-corrected chi connectivity index (χ4v) is 3.26. The highest BCUT2D eigenvalue weighted by atomic mass is 35.5. The van der Waals surface area contributed by atoms with Gasteiger partial charge in [0, 0.05) is 15.4 Å². The van der Waals surface area contributed by atoms with Gasteiger partial charge in [-0.15, -0.1) is 0 Å². The number of fused-ring (bicyclic) bond motifs is 1. The van der Waals surface area contributed by atoms with Crippen molar-refractivity contribution in [2.45, 2.75) is 9.79 Å². The molecule has 0 radical (unpaired) electrons. The molecule has 0 spiro atoms. The topological polar surface area (TPSA) is 43.1 Å². The monoisotopic (exact) mass is 313 g/mol. The lowest BCUT2D eigenvalue weighted by Crippen LogP contribution is -2.10. The van der Waals surface area contributed by atoms with E-state index >= 15 is 0 Å². The lowest BCUT2D eigenvalue weighted by atomic mass is 10.1. The summed E-state index contributed by atoms with van der Waals surface area (Å²) in [6.07, 6.45) is 0. The van der Waals surface area contributed by atoms with E-state index in [0.29, 0.717) is 10.6 Å². The lowest BCUT2D eigenvalue weighted by molar-refractivity contribution is 0.1000. The molecule has 1 amide bonds. The molecule has 0 heterocycles. The van der Waals surface area contributed by atoms with Crippen LogP contribution in [0.25, 0.3) is 10.8 Å². The fraction of sp³-hybridized carbons (Fsp3) is 0. The van der Waals surface area contributed by atoms with Gasteiger partial charge in [0.2, 0.25) is 5.91 Å². The van der Waals surface area contributed by atoms with Crippen molar-refractivity contribution in [3.05, 3.63) is 71.2 Å². The molecule has 0 saturated heterocycles. The van der Waals surface area contributed by atoms with Gasteiger partial charge in [0.25, 0.3) is 0 Å². The van der Waals surface area contributed by atoms with Crippen LogP contribution in [0.3, 0.4) is 0 Å². The van der Waals surface area contributed by atoms with Crippen LogP contribution in [0.5, 0.6) is 0 Å². The van der Waals surface area contributed by atoms with Crippen LogP contribution >= 0.6 is 23.4 Å². The van der Waals surface area contributed by atoms with Crippen LogP contribution in [0.2, 0.25) is 5.02 Å². The molecule has 3 rings (SSSR count). The molecule has 21 heavy (non-hydrogen) atoms. The molecule has 0 aliphatic carbocycles. The number of amides is 1. The molecular formula is C17H12ClNOS. The van der Waals surface area contributed by atoms with Gasteiger partial charge < -0.3 is 5.73 Å². The molecule has 0 aliphatic heterocycles. The minimum Gasteiger partial charge on any atom is -0.366 e. The summed E-state index contributed by atoms with van der Waals surface area (Å²) < 4.78 is 0. The number of nitrogens with two attached hydrogens (primary N) is 1. The maximum absolute atomic E-state index is 11.1. The molecule has 0 aromatic heterocycles. The molecule has 2 nitrogen and oxygen atoms in total. The molecule has 2 N–H and O–H groups in total. The maximum Gasteiger partial charge on any atom is 0.248 e. The largest absolute Gasteiger partial charge is 0.366 e. The Balaban J connectivity index is 1.93.